The van der Waals surface area contributed by atoms with Crippen LogP contribution in [0.1, 0.15) is 12.8 Å². The number of hydrogen-bond donors (Lipinski definition) is 0. The maximum atomic E-state index is 4.94. The molecule has 80 valence electrons. The summed E-state index contributed by atoms with van der Waals surface area (Å²) in [6.07, 6.45) is 2.56. The number of methoxy groups -OCH3 is 1. The van der Waals surface area contributed by atoms with Crippen molar-refractivity contribution in [3.05, 3.63) is 30.3 Å². The molecular formula is C11H15BrMgO2. The average Bonchev–Trinajstić information content (AvgIpc) is 2.77. The Labute approximate surface area is 118 Å². The molecule has 0 N–H and O–H groups in total. The van der Waals surface area contributed by atoms with Gasteiger partial charge in [-0.2, -0.15) is 18.2 Å². The van der Waals surface area contributed by atoms with Gasteiger partial charge in [-0.15, -0.1) is 12.1 Å². The average molecular weight is 283 g/mol. The SMILES string of the molecule is C1CCOC1.COc1[c-]cccc1.[Br-].[Mg+2]. The minimum absolute atomic E-state index is 0. The van der Waals surface area contributed by atoms with Crippen molar-refractivity contribution in [1.82, 2.24) is 0 Å². The van der Waals surface area contributed by atoms with Crippen LogP contribution in [0.4, 0.5) is 0 Å². The summed E-state index contributed by atoms with van der Waals surface area (Å²) >= 11 is 0. The molecule has 2 nitrogen and oxygen atoms in total. The fourth-order valence-electron chi connectivity index (χ4n) is 1.01. The topological polar surface area (TPSA) is 18.5 Å². The van der Waals surface area contributed by atoms with Gasteiger partial charge < -0.3 is 26.5 Å². The summed E-state index contributed by atoms with van der Waals surface area (Å²) in [5.41, 5.74) is 0. The molecule has 0 aliphatic carbocycles. The molecule has 2 rings (SSSR count). The Balaban J connectivity index is 0. The quantitative estimate of drug-likeness (QED) is 0.482. The van der Waals surface area contributed by atoms with E-state index >= 15 is 0 Å². The second-order valence-corrected chi connectivity index (χ2v) is 2.75. The third kappa shape index (κ3) is 9.17. The van der Waals surface area contributed by atoms with E-state index in [1.807, 2.05) is 24.3 Å². The van der Waals surface area contributed by atoms with Crippen LogP contribution in [0.15, 0.2) is 24.3 Å². The molecule has 1 saturated heterocycles. The van der Waals surface area contributed by atoms with Gasteiger partial charge in [0.2, 0.25) is 0 Å². The minimum Gasteiger partial charge on any atom is -1.00 e. The van der Waals surface area contributed by atoms with Gasteiger partial charge in [0.05, 0.1) is 7.11 Å². The van der Waals surface area contributed by atoms with Crippen molar-refractivity contribution in [1.29, 1.82) is 0 Å². The second kappa shape index (κ2) is 12.3. The molecule has 0 atom stereocenters. The summed E-state index contributed by atoms with van der Waals surface area (Å²) in [5, 5.41) is 0. The number of halogens is 1. The van der Waals surface area contributed by atoms with E-state index in [9.17, 15) is 0 Å². The van der Waals surface area contributed by atoms with Crippen LogP contribution in [0, 0.1) is 6.07 Å². The van der Waals surface area contributed by atoms with Gasteiger partial charge in [0, 0.05) is 19.0 Å². The molecule has 0 amide bonds. The number of benzene rings is 1. The molecule has 1 aromatic carbocycles. The van der Waals surface area contributed by atoms with Crippen LogP contribution in [0.25, 0.3) is 0 Å². The summed E-state index contributed by atoms with van der Waals surface area (Å²) in [4.78, 5) is 0. The molecule has 0 bridgehead atoms. The molecule has 1 aromatic rings. The van der Waals surface area contributed by atoms with Crippen molar-refractivity contribution in [2.75, 3.05) is 20.3 Å². The van der Waals surface area contributed by atoms with E-state index in [2.05, 4.69) is 6.07 Å². The first-order chi connectivity index (χ1) is 6.43. The molecule has 1 aliphatic heterocycles. The number of hydrogen-bond acceptors (Lipinski definition) is 2. The van der Waals surface area contributed by atoms with Crippen LogP contribution < -0.4 is 21.7 Å². The third-order valence-corrected chi connectivity index (χ3v) is 1.73. The molecule has 1 heterocycles. The normalized spacial score (nSPS) is 12.6. The molecule has 0 saturated carbocycles. The van der Waals surface area contributed by atoms with Crippen LogP contribution in [0.2, 0.25) is 0 Å². The summed E-state index contributed by atoms with van der Waals surface area (Å²) < 4.78 is 9.80. The van der Waals surface area contributed by atoms with E-state index in [4.69, 9.17) is 9.47 Å². The Morgan fingerprint density at radius 1 is 1.27 bits per heavy atom. The third-order valence-electron chi connectivity index (χ3n) is 1.73. The Hall–Kier alpha value is 0.226. The van der Waals surface area contributed by atoms with Gasteiger partial charge in [-0.3, -0.25) is 0 Å². The molecule has 0 radical (unpaired) electrons. The van der Waals surface area contributed by atoms with E-state index in [1.54, 1.807) is 7.11 Å². The predicted octanol–water partition coefficient (Wildman–Crippen LogP) is -1.08. The molecule has 4 heteroatoms. The van der Waals surface area contributed by atoms with Crippen LogP contribution in [-0.4, -0.2) is 43.4 Å². The first-order valence-corrected chi connectivity index (χ1v) is 4.52. The maximum absolute atomic E-state index is 4.94. The molecule has 0 unspecified atom stereocenters. The van der Waals surface area contributed by atoms with Crippen LogP contribution >= 0.6 is 0 Å². The van der Waals surface area contributed by atoms with Gasteiger partial charge in [-0.25, -0.2) is 0 Å². The predicted molar refractivity (Wildman–Crippen MR) is 57.6 cm³/mol. The zero-order valence-corrected chi connectivity index (χ0v) is 12.0. The van der Waals surface area contributed by atoms with Gasteiger partial charge >= 0.3 is 23.1 Å². The van der Waals surface area contributed by atoms with Crippen LogP contribution in [-0.2, 0) is 4.74 Å². The first-order valence-electron chi connectivity index (χ1n) is 4.52. The van der Waals surface area contributed by atoms with Crippen LogP contribution in [0.3, 0.4) is 0 Å². The van der Waals surface area contributed by atoms with Crippen molar-refractivity contribution in [2.24, 2.45) is 0 Å². The fourth-order valence-corrected chi connectivity index (χ4v) is 1.01. The fraction of sp³-hybridized carbons (Fsp3) is 0.455. The van der Waals surface area contributed by atoms with Gasteiger partial charge in [-0.05, 0) is 12.8 Å². The Morgan fingerprint density at radius 3 is 2.20 bits per heavy atom. The van der Waals surface area contributed by atoms with E-state index in [0.29, 0.717) is 0 Å². The van der Waals surface area contributed by atoms with Gasteiger partial charge in [0.15, 0.2) is 0 Å². The molecule has 1 aliphatic rings. The van der Waals surface area contributed by atoms with E-state index < -0.39 is 0 Å². The van der Waals surface area contributed by atoms with Crippen molar-refractivity contribution in [2.45, 2.75) is 12.8 Å². The van der Waals surface area contributed by atoms with Crippen molar-refractivity contribution in [3.63, 3.8) is 0 Å². The second-order valence-electron chi connectivity index (χ2n) is 2.75. The molecule has 15 heavy (non-hydrogen) atoms. The van der Waals surface area contributed by atoms with Crippen molar-refractivity contribution < 1.29 is 26.5 Å². The molecule has 0 spiro atoms. The maximum Gasteiger partial charge on any atom is 2.00 e. The summed E-state index contributed by atoms with van der Waals surface area (Å²) in [5.74, 6) is 0.785. The van der Waals surface area contributed by atoms with E-state index in [1.165, 1.54) is 12.8 Å². The van der Waals surface area contributed by atoms with Crippen molar-refractivity contribution in [3.8, 4) is 5.75 Å². The molecular weight excluding hydrogens is 268 g/mol. The van der Waals surface area contributed by atoms with E-state index in [0.717, 1.165) is 19.0 Å². The van der Waals surface area contributed by atoms with Gasteiger partial charge in [-0.1, -0.05) is 0 Å². The Bertz CT molecular complexity index is 207. The smallest absolute Gasteiger partial charge is 1.00 e. The molecule has 0 aromatic heterocycles. The summed E-state index contributed by atoms with van der Waals surface area (Å²) in [6, 6.07) is 10.4. The number of para-hydroxylation sites is 1. The minimum atomic E-state index is 0. The summed E-state index contributed by atoms with van der Waals surface area (Å²) in [7, 11) is 1.63. The van der Waals surface area contributed by atoms with Crippen LogP contribution in [0.5, 0.6) is 5.75 Å². The Morgan fingerprint density at radius 2 is 1.93 bits per heavy atom. The van der Waals surface area contributed by atoms with Gasteiger partial charge in [0.25, 0.3) is 0 Å². The van der Waals surface area contributed by atoms with Gasteiger partial charge in [0.1, 0.15) is 0 Å². The monoisotopic (exact) mass is 282 g/mol. The zero-order valence-electron chi connectivity index (χ0n) is 9.04. The first kappa shape index (κ1) is 17.6. The number of rotatable bonds is 1. The summed E-state index contributed by atoms with van der Waals surface area (Å²) in [6.45, 7) is 2.00. The van der Waals surface area contributed by atoms with Crippen molar-refractivity contribution >= 4 is 23.1 Å². The standard InChI is InChI=1S/C7H7O.C4H8O.BrH.Mg/c1-8-7-5-3-2-4-6-7;1-2-4-5-3-1;;/h2-5H,1H3;1-4H2;1H;/q-1;;;+2/p-1. The number of ether oxygens (including phenoxy) is 2. The largest absolute Gasteiger partial charge is 2.00 e. The Kier molecular flexibility index (Phi) is 14.4. The van der Waals surface area contributed by atoms with E-state index in [-0.39, 0.29) is 40.0 Å². The molecule has 1 fully saturated rings. The zero-order chi connectivity index (χ0) is 9.36.